The van der Waals surface area contributed by atoms with Crippen molar-refractivity contribution in [1.82, 2.24) is 4.72 Å². The number of rotatable bonds is 4. The molecule has 1 aliphatic rings. The van der Waals surface area contributed by atoms with Crippen LogP contribution < -0.4 is 4.72 Å². The molecule has 2 aromatic carbocycles. The van der Waals surface area contributed by atoms with E-state index in [9.17, 15) is 8.42 Å². The van der Waals surface area contributed by atoms with E-state index in [1.165, 1.54) is 23.3 Å². The van der Waals surface area contributed by atoms with Crippen LogP contribution in [0.4, 0.5) is 0 Å². The fourth-order valence-electron chi connectivity index (χ4n) is 2.44. The van der Waals surface area contributed by atoms with E-state index < -0.39 is 10.0 Å². The molecule has 4 nitrogen and oxygen atoms in total. The summed E-state index contributed by atoms with van der Waals surface area (Å²) in [4.78, 5) is 0.202. The van der Waals surface area contributed by atoms with Gasteiger partial charge in [0.05, 0.1) is 17.6 Å². The number of sulfonamides is 1. The second-order valence-corrected chi connectivity index (χ2v) is 7.42. The zero-order valence-corrected chi connectivity index (χ0v) is 13.4. The summed E-state index contributed by atoms with van der Waals surface area (Å²) in [6.45, 7) is 0.767. The number of hydrogen-bond donors (Lipinski definition) is 1. The van der Waals surface area contributed by atoms with E-state index in [4.69, 9.17) is 16.3 Å². The number of nitrogens with one attached hydrogen (secondary N) is 1. The molecule has 3 rings (SSSR count). The van der Waals surface area contributed by atoms with E-state index >= 15 is 0 Å². The molecule has 0 saturated carbocycles. The minimum atomic E-state index is -3.54. The van der Waals surface area contributed by atoms with E-state index in [2.05, 4.69) is 10.8 Å². The van der Waals surface area contributed by atoms with E-state index in [-0.39, 0.29) is 17.5 Å². The summed E-state index contributed by atoms with van der Waals surface area (Å²) in [6, 6.07) is 14.1. The highest BCUT2D eigenvalue weighted by atomic mass is 35.5. The van der Waals surface area contributed by atoms with E-state index in [1.54, 1.807) is 12.1 Å². The largest absolute Gasteiger partial charge is 0.372 e. The Kier molecular flexibility index (Phi) is 4.49. The van der Waals surface area contributed by atoms with Crippen molar-refractivity contribution < 1.29 is 13.2 Å². The van der Waals surface area contributed by atoms with Crippen molar-refractivity contribution in [3.05, 3.63) is 64.7 Å². The molecule has 6 heteroatoms. The van der Waals surface area contributed by atoms with Gasteiger partial charge in [0.1, 0.15) is 0 Å². The third-order valence-corrected chi connectivity index (χ3v) is 5.36. The van der Waals surface area contributed by atoms with Gasteiger partial charge in [0.2, 0.25) is 10.0 Å². The van der Waals surface area contributed by atoms with Crippen molar-refractivity contribution in [1.29, 1.82) is 0 Å². The molecule has 1 heterocycles. The Balaban J connectivity index is 1.64. The van der Waals surface area contributed by atoms with Crippen molar-refractivity contribution in [2.45, 2.75) is 24.0 Å². The zero-order valence-electron chi connectivity index (χ0n) is 11.8. The van der Waals surface area contributed by atoms with Crippen LogP contribution in [0.2, 0.25) is 5.02 Å². The monoisotopic (exact) mass is 337 g/mol. The first-order valence-electron chi connectivity index (χ1n) is 6.98. The first kappa shape index (κ1) is 15.5. The summed E-state index contributed by atoms with van der Waals surface area (Å²) in [5.41, 5.74) is 2.38. The van der Waals surface area contributed by atoms with Crippen molar-refractivity contribution in [3.63, 3.8) is 0 Å². The Hall–Kier alpha value is -1.40. The first-order chi connectivity index (χ1) is 10.5. The number of benzene rings is 2. The third kappa shape index (κ3) is 3.50. The zero-order chi connectivity index (χ0) is 15.6. The Morgan fingerprint density at radius 3 is 2.50 bits per heavy atom. The highest BCUT2D eigenvalue weighted by Crippen LogP contribution is 2.20. The number of fused-ring (bicyclic) bond motifs is 1. The molecule has 0 radical (unpaired) electrons. The van der Waals surface area contributed by atoms with Crippen LogP contribution in [0.25, 0.3) is 0 Å². The Labute approximate surface area is 135 Å². The summed E-state index contributed by atoms with van der Waals surface area (Å²) in [7, 11) is -3.54. The van der Waals surface area contributed by atoms with Gasteiger partial charge >= 0.3 is 0 Å². The molecule has 1 aliphatic heterocycles. The molecule has 0 fully saturated rings. The number of ether oxygens (including phenoxy) is 1. The summed E-state index contributed by atoms with van der Waals surface area (Å²) in [5.74, 6) is 0. The SMILES string of the molecule is O=S(=O)(NCC1Cc2ccccc2CO1)c1ccc(Cl)cc1. The van der Waals surface area contributed by atoms with Crippen LogP contribution in [0.5, 0.6) is 0 Å². The van der Waals surface area contributed by atoms with Gasteiger partial charge < -0.3 is 4.74 Å². The molecular weight excluding hydrogens is 322 g/mol. The number of hydrogen-bond acceptors (Lipinski definition) is 3. The predicted octanol–water partition coefficient (Wildman–Crippen LogP) is 2.76. The van der Waals surface area contributed by atoms with Gasteiger partial charge in [-0.15, -0.1) is 0 Å². The summed E-state index contributed by atoms with van der Waals surface area (Å²) >= 11 is 5.77. The quantitative estimate of drug-likeness (QED) is 0.933. The highest BCUT2D eigenvalue weighted by Gasteiger charge is 2.21. The third-order valence-electron chi connectivity index (χ3n) is 3.67. The van der Waals surface area contributed by atoms with Gasteiger partial charge in [0.25, 0.3) is 0 Å². The minimum absolute atomic E-state index is 0.156. The molecule has 1 N–H and O–H groups in total. The van der Waals surface area contributed by atoms with Crippen LogP contribution in [0.15, 0.2) is 53.4 Å². The second kappa shape index (κ2) is 6.38. The Bertz CT molecular complexity index is 759. The fourth-order valence-corrected chi connectivity index (χ4v) is 3.63. The van der Waals surface area contributed by atoms with E-state index in [0.717, 1.165) is 0 Å². The smallest absolute Gasteiger partial charge is 0.240 e. The van der Waals surface area contributed by atoms with Crippen LogP contribution in [-0.4, -0.2) is 21.1 Å². The average molecular weight is 338 g/mol. The average Bonchev–Trinajstić information content (AvgIpc) is 2.53. The molecule has 1 atom stereocenters. The van der Waals surface area contributed by atoms with Gasteiger partial charge in [-0.1, -0.05) is 35.9 Å². The van der Waals surface area contributed by atoms with Crippen molar-refractivity contribution in [3.8, 4) is 0 Å². The van der Waals surface area contributed by atoms with E-state index in [0.29, 0.717) is 18.1 Å². The molecule has 0 saturated heterocycles. The molecule has 0 amide bonds. The van der Waals surface area contributed by atoms with Gasteiger partial charge in [0.15, 0.2) is 0 Å². The molecule has 116 valence electrons. The molecule has 0 aliphatic carbocycles. The van der Waals surface area contributed by atoms with Crippen molar-refractivity contribution in [2.75, 3.05) is 6.54 Å². The standard InChI is InChI=1S/C16H16ClNO3S/c17-14-5-7-16(8-6-14)22(19,20)18-10-15-9-12-3-1-2-4-13(12)11-21-15/h1-8,15,18H,9-11H2. The van der Waals surface area contributed by atoms with Crippen LogP contribution in [0.1, 0.15) is 11.1 Å². The van der Waals surface area contributed by atoms with Gasteiger partial charge in [-0.25, -0.2) is 13.1 Å². The Morgan fingerprint density at radius 1 is 1.09 bits per heavy atom. The van der Waals surface area contributed by atoms with Gasteiger partial charge in [0, 0.05) is 18.0 Å². The van der Waals surface area contributed by atoms with Gasteiger partial charge in [-0.05, 0) is 35.4 Å². The second-order valence-electron chi connectivity index (χ2n) is 5.21. The van der Waals surface area contributed by atoms with Crippen LogP contribution >= 0.6 is 11.6 Å². The maximum Gasteiger partial charge on any atom is 0.240 e. The molecule has 2 aromatic rings. The van der Waals surface area contributed by atoms with Crippen molar-refractivity contribution in [2.24, 2.45) is 0 Å². The van der Waals surface area contributed by atoms with Gasteiger partial charge in [-0.3, -0.25) is 0 Å². The number of halogens is 1. The first-order valence-corrected chi connectivity index (χ1v) is 8.84. The Morgan fingerprint density at radius 2 is 1.77 bits per heavy atom. The molecule has 1 unspecified atom stereocenters. The lowest BCUT2D eigenvalue weighted by atomic mass is 9.99. The van der Waals surface area contributed by atoms with Crippen molar-refractivity contribution >= 4 is 21.6 Å². The van der Waals surface area contributed by atoms with Crippen LogP contribution in [0.3, 0.4) is 0 Å². The fraction of sp³-hybridized carbons (Fsp3) is 0.250. The lowest BCUT2D eigenvalue weighted by molar-refractivity contribution is 0.0322. The van der Waals surface area contributed by atoms with Gasteiger partial charge in [-0.2, -0.15) is 0 Å². The lowest BCUT2D eigenvalue weighted by Gasteiger charge is -2.25. The maximum absolute atomic E-state index is 12.2. The molecule has 0 aromatic heterocycles. The predicted molar refractivity (Wildman–Crippen MR) is 85.4 cm³/mol. The maximum atomic E-state index is 12.2. The minimum Gasteiger partial charge on any atom is -0.372 e. The molecule has 0 spiro atoms. The van der Waals surface area contributed by atoms with Crippen LogP contribution in [0, 0.1) is 0 Å². The van der Waals surface area contributed by atoms with E-state index in [1.807, 2.05) is 18.2 Å². The summed E-state index contributed by atoms with van der Waals surface area (Å²) in [6.07, 6.45) is 0.552. The summed E-state index contributed by atoms with van der Waals surface area (Å²) in [5, 5.41) is 0.506. The molecule has 22 heavy (non-hydrogen) atoms. The van der Waals surface area contributed by atoms with Crippen LogP contribution in [-0.2, 0) is 27.8 Å². The normalized spacial score (nSPS) is 18.0. The topological polar surface area (TPSA) is 55.4 Å². The summed E-state index contributed by atoms with van der Waals surface area (Å²) < 4.78 is 32.8. The lowest BCUT2D eigenvalue weighted by Crippen LogP contribution is -2.36. The molecule has 0 bridgehead atoms. The highest BCUT2D eigenvalue weighted by molar-refractivity contribution is 7.89. The molecular formula is C16H16ClNO3S.